The SMILES string of the molecule is CN=C(NCc1nc(C(C)C)cs1)NCc1ccccc1CN(C)C(C)C.I. The van der Waals surface area contributed by atoms with Crippen molar-refractivity contribution in [2.45, 2.75) is 59.3 Å². The molecule has 28 heavy (non-hydrogen) atoms. The average molecular weight is 516 g/mol. The molecule has 0 atom stereocenters. The fraction of sp³-hybridized carbons (Fsp3) is 0.524. The second kappa shape index (κ2) is 12.4. The quantitative estimate of drug-likeness (QED) is 0.307. The van der Waals surface area contributed by atoms with Crippen molar-refractivity contribution in [3.63, 3.8) is 0 Å². The Morgan fingerprint density at radius 2 is 1.75 bits per heavy atom. The predicted octanol–water partition coefficient (Wildman–Crippen LogP) is 4.59. The van der Waals surface area contributed by atoms with Gasteiger partial charge in [-0.2, -0.15) is 0 Å². The fourth-order valence-corrected chi connectivity index (χ4v) is 3.46. The zero-order valence-corrected chi connectivity index (χ0v) is 21.0. The summed E-state index contributed by atoms with van der Waals surface area (Å²) in [4.78, 5) is 11.4. The predicted molar refractivity (Wildman–Crippen MR) is 132 cm³/mol. The van der Waals surface area contributed by atoms with Gasteiger partial charge >= 0.3 is 0 Å². The van der Waals surface area contributed by atoms with Crippen LogP contribution in [0.3, 0.4) is 0 Å². The maximum absolute atomic E-state index is 4.67. The summed E-state index contributed by atoms with van der Waals surface area (Å²) in [5.74, 6) is 1.26. The second-order valence-corrected chi connectivity index (χ2v) is 8.32. The Morgan fingerprint density at radius 1 is 1.11 bits per heavy atom. The number of nitrogens with zero attached hydrogens (tertiary/aromatic N) is 3. The van der Waals surface area contributed by atoms with Crippen LogP contribution in [-0.4, -0.2) is 36.0 Å². The van der Waals surface area contributed by atoms with Gasteiger partial charge in [0.25, 0.3) is 0 Å². The molecule has 0 fully saturated rings. The molecule has 2 aromatic rings. The average Bonchev–Trinajstić information content (AvgIpc) is 3.12. The van der Waals surface area contributed by atoms with Gasteiger partial charge in [0.05, 0.1) is 12.2 Å². The molecule has 0 aliphatic heterocycles. The zero-order valence-electron chi connectivity index (χ0n) is 17.8. The Kier molecular flexibility index (Phi) is 11.0. The molecule has 156 valence electrons. The first-order valence-corrected chi connectivity index (χ1v) is 10.4. The van der Waals surface area contributed by atoms with Crippen LogP contribution in [0.2, 0.25) is 0 Å². The molecule has 0 unspecified atom stereocenters. The Labute approximate surface area is 191 Å². The lowest BCUT2D eigenvalue weighted by molar-refractivity contribution is 0.265. The minimum absolute atomic E-state index is 0. The molecule has 0 amide bonds. The minimum Gasteiger partial charge on any atom is -0.352 e. The summed E-state index contributed by atoms with van der Waals surface area (Å²) < 4.78 is 0. The number of thiazole rings is 1. The van der Waals surface area contributed by atoms with E-state index in [4.69, 9.17) is 0 Å². The van der Waals surface area contributed by atoms with Gasteiger partial charge in [-0.25, -0.2) is 4.98 Å². The molecule has 0 aliphatic rings. The van der Waals surface area contributed by atoms with Gasteiger partial charge in [0.2, 0.25) is 0 Å². The van der Waals surface area contributed by atoms with Crippen molar-refractivity contribution in [3.05, 3.63) is 51.5 Å². The highest BCUT2D eigenvalue weighted by Gasteiger charge is 2.09. The van der Waals surface area contributed by atoms with Crippen molar-refractivity contribution >= 4 is 41.3 Å². The lowest BCUT2D eigenvalue weighted by atomic mass is 10.1. The lowest BCUT2D eigenvalue weighted by Crippen LogP contribution is -2.36. The molecule has 7 heteroatoms. The molecular weight excluding hydrogens is 481 g/mol. The molecule has 0 radical (unpaired) electrons. The van der Waals surface area contributed by atoms with Crippen molar-refractivity contribution in [1.29, 1.82) is 0 Å². The van der Waals surface area contributed by atoms with Crippen LogP contribution in [0.4, 0.5) is 0 Å². The van der Waals surface area contributed by atoms with E-state index in [0.29, 0.717) is 18.5 Å². The number of guanidine groups is 1. The smallest absolute Gasteiger partial charge is 0.191 e. The number of halogens is 1. The third kappa shape index (κ3) is 7.67. The highest BCUT2D eigenvalue weighted by atomic mass is 127. The first kappa shape index (κ1) is 24.8. The normalized spacial score (nSPS) is 11.8. The molecule has 1 heterocycles. The second-order valence-electron chi connectivity index (χ2n) is 7.38. The van der Waals surface area contributed by atoms with Crippen molar-refractivity contribution in [2.75, 3.05) is 14.1 Å². The Balaban J connectivity index is 0.00000392. The van der Waals surface area contributed by atoms with Gasteiger partial charge in [0.15, 0.2) is 5.96 Å². The Hall–Kier alpha value is -1.19. The Morgan fingerprint density at radius 3 is 2.32 bits per heavy atom. The van der Waals surface area contributed by atoms with Crippen LogP contribution in [-0.2, 0) is 19.6 Å². The van der Waals surface area contributed by atoms with E-state index < -0.39 is 0 Å². The summed E-state index contributed by atoms with van der Waals surface area (Å²) in [6.45, 7) is 11.2. The summed E-state index contributed by atoms with van der Waals surface area (Å²) in [6, 6.07) is 9.10. The van der Waals surface area contributed by atoms with Gasteiger partial charge in [-0.3, -0.25) is 9.89 Å². The van der Waals surface area contributed by atoms with E-state index in [1.54, 1.807) is 18.4 Å². The Bertz CT molecular complexity index is 742. The zero-order chi connectivity index (χ0) is 19.8. The van der Waals surface area contributed by atoms with Crippen molar-refractivity contribution < 1.29 is 0 Å². The largest absolute Gasteiger partial charge is 0.352 e. The number of aromatic nitrogens is 1. The van der Waals surface area contributed by atoms with Crippen LogP contribution >= 0.6 is 35.3 Å². The maximum Gasteiger partial charge on any atom is 0.191 e. The lowest BCUT2D eigenvalue weighted by Gasteiger charge is -2.23. The van der Waals surface area contributed by atoms with Crippen LogP contribution in [0, 0.1) is 0 Å². The minimum atomic E-state index is 0. The number of nitrogens with one attached hydrogen (secondary N) is 2. The van der Waals surface area contributed by atoms with E-state index in [2.05, 4.69) is 89.9 Å². The number of hydrogen-bond acceptors (Lipinski definition) is 4. The van der Waals surface area contributed by atoms with Crippen molar-refractivity contribution in [3.8, 4) is 0 Å². The van der Waals surface area contributed by atoms with Gasteiger partial charge in [0, 0.05) is 31.6 Å². The molecule has 2 N–H and O–H groups in total. The van der Waals surface area contributed by atoms with E-state index in [9.17, 15) is 0 Å². The summed E-state index contributed by atoms with van der Waals surface area (Å²) in [5, 5.41) is 10.0. The molecule has 0 saturated carbocycles. The van der Waals surface area contributed by atoms with Crippen molar-refractivity contribution in [1.82, 2.24) is 20.5 Å². The van der Waals surface area contributed by atoms with Gasteiger partial charge in [-0.15, -0.1) is 35.3 Å². The molecule has 5 nitrogen and oxygen atoms in total. The fourth-order valence-electron chi connectivity index (χ4n) is 2.57. The molecular formula is C21H34IN5S. The molecule has 1 aromatic heterocycles. The van der Waals surface area contributed by atoms with Crippen LogP contribution in [0.1, 0.15) is 55.4 Å². The number of benzene rings is 1. The standard InChI is InChI=1S/C21H33N5S.HI/c1-15(2)19-14-27-20(25-19)12-24-21(22-5)23-11-17-9-7-8-10-18(17)13-26(6)16(3)4;/h7-10,14-16H,11-13H2,1-6H3,(H2,22,23,24);1H. The molecule has 0 aliphatic carbocycles. The van der Waals surface area contributed by atoms with E-state index >= 15 is 0 Å². The molecule has 0 spiro atoms. The third-order valence-corrected chi connectivity index (χ3v) is 5.52. The van der Waals surface area contributed by atoms with Gasteiger partial charge in [-0.05, 0) is 37.9 Å². The van der Waals surface area contributed by atoms with Crippen molar-refractivity contribution in [2.24, 2.45) is 4.99 Å². The molecule has 0 saturated heterocycles. The number of hydrogen-bond donors (Lipinski definition) is 2. The van der Waals surface area contributed by atoms with E-state index in [1.165, 1.54) is 11.1 Å². The summed E-state index contributed by atoms with van der Waals surface area (Å²) >= 11 is 1.69. The van der Waals surface area contributed by atoms with Crippen LogP contribution in [0.15, 0.2) is 34.6 Å². The first-order valence-electron chi connectivity index (χ1n) is 9.56. The topological polar surface area (TPSA) is 52.6 Å². The third-order valence-electron chi connectivity index (χ3n) is 4.66. The van der Waals surface area contributed by atoms with Crippen LogP contribution < -0.4 is 10.6 Å². The first-order chi connectivity index (χ1) is 12.9. The summed E-state index contributed by atoms with van der Waals surface area (Å²) in [5.41, 5.74) is 3.80. The van der Waals surface area contributed by atoms with E-state index in [0.717, 1.165) is 29.8 Å². The molecule has 1 aromatic carbocycles. The summed E-state index contributed by atoms with van der Waals surface area (Å²) in [7, 11) is 3.96. The van der Waals surface area contributed by atoms with E-state index in [1.807, 2.05) is 0 Å². The van der Waals surface area contributed by atoms with Crippen LogP contribution in [0.5, 0.6) is 0 Å². The van der Waals surface area contributed by atoms with Gasteiger partial charge in [0.1, 0.15) is 5.01 Å². The molecule has 2 rings (SSSR count). The monoisotopic (exact) mass is 515 g/mol. The van der Waals surface area contributed by atoms with E-state index in [-0.39, 0.29) is 24.0 Å². The number of rotatable bonds is 8. The van der Waals surface area contributed by atoms with Gasteiger partial charge < -0.3 is 10.6 Å². The van der Waals surface area contributed by atoms with Gasteiger partial charge in [-0.1, -0.05) is 38.1 Å². The summed E-state index contributed by atoms with van der Waals surface area (Å²) in [6.07, 6.45) is 0. The number of aliphatic imine (C=N–C) groups is 1. The molecule has 0 bridgehead atoms. The highest BCUT2D eigenvalue weighted by molar-refractivity contribution is 14.0. The maximum atomic E-state index is 4.67. The highest BCUT2D eigenvalue weighted by Crippen LogP contribution is 2.17. The van der Waals surface area contributed by atoms with Crippen LogP contribution in [0.25, 0.3) is 0 Å².